The predicted molar refractivity (Wildman–Crippen MR) is 68.0 cm³/mol. The lowest BCUT2D eigenvalue weighted by atomic mass is 9.80. The third-order valence-electron chi connectivity index (χ3n) is 3.59. The van der Waals surface area contributed by atoms with Crippen molar-refractivity contribution in [2.75, 3.05) is 6.61 Å². The van der Waals surface area contributed by atoms with E-state index in [1.165, 1.54) is 24.8 Å². The quantitative estimate of drug-likeness (QED) is 0.870. The average molecular weight is 245 g/mol. The van der Waals surface area contributed by atoms with Crippen LogP contribution < -0.4 is 4.74 Å². The van der Waals surface area contributed by atoms with E-state index < -0.39 is 5.97 Å². The zero-order valence-corrected chi connectivity index (χ0v) is 9.98. The number of carboxylic acid groups (broad SMARTS) is 1. The molecule has 0 radical (unpaired) electrons. The Labute approximate surface area is 105 Å². The highest BCUT2D eigenvalue weighted by molar-refractivity contribution is 5.90. The van der Waals surface area contributed by atoms with Crippen molar-refractivity contribution < 1.29 is 14.6 Å². The Balaban J connectivity index is 2.00. The second-order valence-electron chi connectivity index (χ2n) is 4.73. The number of H-pyrrole nitrogens is 1. The Kier molecular flexibility index (Phi) is 2.70. The fourth-order valence-electron chi connectivity index (χ4n) is 2.48. The zero-order chi connectivity index (χ0) is 12.5. The highest BCUT2D eigenvalue weighted by atomic mass is 16.5. The molecule has 0 spiro atoms. The number of ether oxygens (including phenoxy) is 1. The molecule has 0 unspecified atom stereocenters. The third kappa shape index (κ3) is 1.83. The number of aliphatic carboxylic acids is 1. The molecule has 0 bridgehead atoms. The molecule has 4 heteroatoms. The van der Waals surface area contributed by atoms with Crippen molar-refractivity contribution in [1.82, 2.24) is 4.98 Å². The van der Waals surface area contributed by atoms with E-state index in [9.17, 15) is 4.79 Å². The van der Waals surface area contributed by atoms with Gasteiger partial charge < -0.3 is 14.8 Å². The van der Waals surface area contributed by atoms with Crippen LogP contribution in [0.1, 0.15) is 30.7 Å². The maximum atomic E-state index is 10.6. The van der Waals surface area contributed by atoms with Gasteiger partial charge in [-0.3, -0.25) is 0 Å². The van der Waals surface area contributed by atoms with E-state index in [-0.39, 0.29) is 6.61 Å². The Morgan fingerprint density at radius 3 is 2.94 bits per heavy atom. The number of hydrogen-bond acceptors (Lipinski definition) is 2. The van der Waals surface area contributed by atoms with Crippen LogP contribution in [0.4, 0.5) is 0 Å². The Morgan fingerprint density at radius 1 is 1.44 bits per heavy atom. The molecule has 1 aromatic carbocycles. The second kappa shape index (κ2) is 4.37. The minimum absolute atomic E-state index is 0.297. The van der Waals surface area contributed by atoms with Gasteiger partial charge >= 0.3 is 5.97 Å². The lowest BCUT2D eigenvalue weighted by molar-refractivity contribution is -0.139. The second-order valence-corrected chi connectivity index (χ2v) is 4.73. The summed E-state index contributed by atoms with van der Waals surface area (Å²) >= 11 is 0. The smallest absolute Gasteiger partial charge is 0.341 e. The van der Waals surface area contributed by atoms with Crippen LogP contribution in [0.3, 0.4) is 0 Å². The van der Waals surface area contributed by atoms with Gasteiger partial charge in [0.05, 0.1) is 0 Å². The molecule has 2 aromatic rings. The Bertz CT molecular complexity index is 584. The summed E-state index contributed by atoms with van der Waals surface area (Å²) in [5.41, 5.74) is 2.28. The van der Waals surface area contributed by atoms with Crippen LogP contribution in [0.5, 0.6) is 5.75 Å². The van der Waals surface area contributed by atoms with Crippen molar-refractivity contribution in [2.24, 2.45) is 0 Å². The summed E-state index contributed by atoms with van der Waals surface area (Å²) in [5, 5.41) is 9.75. The number of carboxylic acids is 1. The minimum atomic E-state index is -0.951. The third-order valence-corrected chi connectivity index (χ3v) is 3.59. The topological polar surface area (TPSA) is 62.3 Å². The van der Waals surface area contributed by atoms with Crippen molar-refractivity contribution in [2.45, 2.75) is 25.2 Å². The van der Waals surface area contributed by atoms with E-state index in [1.807, 2.05) is 24.4 Å². The summed E-state index contributed by atoms with van der Waals surface area (Å²) in [6, 6.07) is 5.70. The molecule has 0 aliphatic heterocycles. The normalized spacial score (nSPS) is 15.6. The molecule has 1 heterocycles. The summed E-state index contributed by atoms with van der Waals surface area (Å²) in [5.74, 6) is 0.305. The first kappa shape index (κ1) is 11.1. The number of aromatic nitrogens is 1. The number of carbonyl (C=O) groups is 1. The Hall–Kier alpha value is -1.97. The van der Waals surface area contributed by atoms with Gasteiger partial charge in [-0.25, -0.2) is 4.79 Å². The van der Waals surface area contributed by atoms with E-state index in [0.717, 1.165) is 10.9 Å². The van der Waals surface area contributed by atoms with Crippen LogP contribution in [-0.4, -0.2) is 22.7 Å². The van der Waals surface area contributed by atoms with E-state index in [2.05, 4.69) is 4.98 Å². The monoisotopic (exact) mass is 245 g/mol. The van der Waals surface area contributed by atoms with Gasteiger partial charge in [0.15, 0.2) is 6.61 Å². The molecule has 1 aliphatic rings. The summed E-state index contributed by atoms with van der Waals surface area (Å²) in [7, 11) is 0. The number of rotatable bonds is 4. The standard InChI is InChI=1S/C14H15NO3/c16-13(17)8-18-12-6-2-5-11-14(12)10(7-15-11)9-3-1-4-9/h2,5-7,9,15H,1,3-4,8H2,(H,16,17). The first-order valence-electron chi connectivity index (χ1n) is 6.20. The molecule has 2 N–H and O–H groups in total. The molecule has 0 atom stereocenters. The molecule has 1 fully saturated rings. The summed E-state index contributed by atoms with van der Waals surface area (Å²) < 4.78 is 5.38. The SMILES string of the molecule is O=C(O)COc1cccc2[nH]cc(C3CCC3)c12. The number of fused-ring (bicyclic) bond motifs is 1. The van der Waals surface area contributed by atoms with Crippen LogP contribution in [0.15, 0.2) is 24.4 Å². The Morgan fingerprint density at radius 2 is 2.28 bits per heavy atom. The number of benzene rings is 1. The number of aromatic amines is 1. The molecule has 94 valence electrons. The van der Waals surface area contributed by atoms with Crippen molar-refractivity contribution in [3.05, 3.63) is 30.0 Å². The van der Waals surface area contributed by atoms with Crippen molar-refractivity contribution >= 4 is 16.9 Å². The fourth-order valence-corrected chi connectivity index (χ4v) is 2.48. The molecule has 1 saturated carbocycles. The van der Waals surface area contributed by atoms with Gasteiger partial charge in [-0.1, -0.05) is 12.5 Å². The minimum Gasteiger partial charge on any atom is -0.481 e. The van der Waals surface area contributed by atoms with Gasteiger partial charge in [-0.2, -0.15) is 0 Å². The molecule has 1 aliphatic carbocycles. The molecule has 4 nitrogen and oxygen atoms in total. The van der Waals surface area contributed by atoms with Gasteiger partial charge in [0.25, 0.3) is 0 Å². The molecule has 0 amide bonds. The first-order chi connectivity index (χ1) is 8.75. The van der Waals surface area contributed by atoms with Crippen LogP contribution in [0.25, 0.3) is 10.9 Å². The molecule has 0 saturated heterocycles. The molecular weight excluding hydrogens is 230 g/mol. The molecule has 18 heavy (non-hydrogen) atoms. The van der Waals surface area contributed by atoms with Crippen LogP contribution in [0.2, 0.25) is 0 Å². The van der Waals surface area contributed by atoms with Crippen molar-refractivity contribution in [3.8, 4) is 5.75 Å². The summed E-state index contributed by atoms with van der Waals surface area (Å²) in [6.45, 7) is -0.297. The zero-order valence-electron chi connectivity index (χ0n) is 9.98. The van der Waals surface area contributed by atoms with Crippen LogP contribution in [-0.2, 0) is 4.79 Å². The maximum Gasteiger partial charge on any atom is 0.341 e. The number of nitrogens with one attached hydrogen (secondary N) is 1. The highest BCUT2D eigenvalue weighted by Crippen LogP contribution is 2.42. The lowest BCUT2D eigenvalue weighted by Gasteiger charge is -2.25. The van der Waals surface area contributed by atoms with Gasteiger partial charge in [0.2, 0.25) is 0 Å². The van der Waals surface area contributed by atoms with E-state index in [1.54, 1.807) is 0 Å². The molecule has 3 rings (SSSR count). The maximum absolute atomic E-state index is 10.6. The van der Waals surface area contributed by atoms with Crippen molar-refractivity contribution in [1.29, 1.82) is 0 Å². The lowest BCUT2D eigenvalue weighted by Crippen LogP contribution is -2.11. The average Bonchev–Trinajstić information content (AvgIpc) is 2.69. The highest BCUT2D eigenvalue weighted by Gasteiger charge is 2.24. The van der Waals surface area contributed by atoms with Crippen molar-refractivity contribution in [3.63, 3.8) is 0 Å². The number of hydrogen-bond donors (Lipinski definition) is 2. The fraction of sp³-hybridized carbons (Fsp3) is 0.357. The van der Waals surface area contributed by atoms with Gasteiger partial charge in [-0.05, 0) is 36.5 Å². The van der Waals surface area contributed by atoms with E-state index >= 15 is 0 Å². The van der Waals surface area contributed by atoms with Gasteiger partial charge in [-0.15, -0.1) is 0 Å². The van der Waals surface area contributed by atoms with Gasteiger partial charge in [0, 0.05) is 17.1 Å². The largest absolute Gasteiger partial charge is 0.481 e. The van der Waals surface area contributed by atoms with Crippen LogP contribution in [0, 0.1) is 0 Å². The van der Waals surface area contributed by atoms with E-state index in [0.29, 0.717) is 11.7 Å². The van der Waals surface area contributed by atoms with Gasteiger partial charge in [0.1, 0.15) is 5.75 Å². The molecular formula is C14H15NO3. The first-order valence-corrected chi connectivity index (χ1v) is 6.20. The molecule has 1 aromatic heterocycles. The van der Waals surface area contributed by atoms with Crippen LogP contribution >= 0.6 is 0 Å². The summed E-state index contributed by atoms with van der Waals surface area (Å²) in [4.78, 5) is 13.8. The van der Waals surface area contributed by atoms with E-state index in [4.69, 9.17) is 9.84 Å². The predicted octanol–water partition coefficient (Wildman–Crippen LogP) is 2.90. The summed E-state index contributed by atoms with van der Waals surface area (Å²) in [6.07, 6.45) is 5.72.